The molecular weight excluding hydrogens is 242 g/mol. The second-order valence-corrected chi connectivity index (χ2v) is 6.00. The number of rotatable bonds is 1. The first kappa shape index (κ1) is 10.3. The highest BCUT2D eigenvalue weighted by Crippen LogP contribution is 2.30. The summed E-state index contributed by atoms with van der Waals surface area (Å²) in [6.07, 6.45) is 2.25. The van der Waals surface area contributed by atoms with Crippen LogP contribution >= 0.6 is 22.9 Å². The van der Waals surface area contributed by atoms with Gasteiger partial charge in [-0.15, -0.1) is 16.4 Å². The average Bonchev–Trinajstić information content (AvgIpc) is 2.83. The van der Waals surface area contributed by atoms with Crippen molar-refractivity contribution in [3.05, 3.63) is 22.3 Å². The topological polar surface area (TPSA) is 30.7 Å². The van der Waals surface area contributed by atoms with E-state index in [1.54, 1.807) is 0 Å². The maximum Gasteiger partial charge on any atom is 0.191 e. The number of thiophene rings is 1. The molecule has 0 spiro atoms. The fraction of sp³-hybridized carbons (Fsp3) is 0.455. The van der Waals surface area contributed by atoms with Gasteiger partial charge in [-0.2, -0.15) is 0 Å². The third-order valence-corrected chi connectivity index (χ3v) is 4.11. The van der Waals surface area contributed by atoms with Crippen LogP contribution in [0.25, 0.3) is 10.7 Å². The Morgan fingerprint density at radius 1 is 1.50 bits per heavy atom. The molecule has 1 atom stereocenters. The molecule has 2 aromatic heterocycles. The standard InChI is InChI=1S/C11H12ClN3S/c1-7-2-5-10-13-11(14-15(10)6-7)8-3-4-9(12)16-8/h3-4,7H,2,5-6H2,1H3. The minimum absolute atomic E-state index is 0.703. The fourth-order valence-corrected chi connectivity index (χ4v) is 2.98. The minimum Gasteiger partial charge on any atom is -0.249 e. The van der Waals surface area contributed by atoms with Gasteiger partial charge in [-0.3, -0.25) is 0 Å². The van der Waals surface area contributed by atoms with E-state index in [0.29, 0.717) is 5.92 Å². The van der Waals surface area contributed by atoms with Crippen molar-refractivity contribution in [1.29, 1.82) is 0 Å². The van der Waals surface area contributed by atoms with E-state index in [-0.39, 0.29) is 0 Å². The third kappa shape index (κ3) is 1.76. The van der Waals surface area contributed by atoms with Crippen molar-refractivity contribution >= 4 is 22.9 Å². The van der Waals surface area contributed by atoms with E-state index >= 15 is 0 Å². The van der Waals surface area contributed by atoms with Gasteiger partial charge in [0.25, 0.3) is 0 Å². The van der Waals surface area contributed by atoms with E-state index in [1.807, 2.05) is 16.8 Å². The first-order valence-corrected chi connectivity index (χ1v) is 6.61. The Labute approximate surface area is 103 Å². The van der Waals surface area contributed by atoms with E-state index < -0.39 is 0 Å². The van der Waals surface area contributed by atoms with Gasteiger partial charge in [0.05, 0.1) is 9.21 Å². The molecule has 0 N–H and O–H groups in total. The van der Waals surface area contributed by atoms with Crippen LogP contribution in [0.3, 0.4) is 0 Å². The van der Waals surface area contributed by atoms with Crippen LogP contribution in [0, 0.1) is 5.92 Å². The number of hydrogen-bond donors (Lipinski definition) is 0. The Balaban J connectivity index is 1.98. The van der Waals surface area contributed by atoms with Crippen molar-refractivity contribution < 1.29 is 0 Å². The molecule has 84 valence electrons. The van der Waals surface area contributed by atoms with Crippen molar-refractivity contribution in [1.82, 2.24) is 14.8 Å². The molecule has 0 radical (unpaired) electrons. The van der Waals surface area contributed by atoms with E-state index in [2.05, 4.69) is 17.0 Å². The van der Waals surface area contributed by atoms with Gasteiger partial charge in [-0.25, -0.2) is 9.67 Å². The second-order valence-electron chi connectivity index (χ2n) is 4.28. The van der Waals surface area contributed by atoms with Gasteiger partial charge in [0, 0.05) is 13.0 Å². The monoisotopic (exact) mass is 253 g/mol. The Kier molecular flexibility index (Phi) is 2.48. The quantitative estimate of drug-likeness (QED) is 0.781. The molecule has 0 saturated heterocycles. The summed E-state index contributed by atoms with van der Waals surface area (Å²) in [6.45, 7) is 3.24. The van der Waals surface area contributed by atoms with Crippen LogP contribution in [0.1, 0.15) is 19.2 Å². The molecule has 5 heteroatoms. The lowest BCUT2D eigenvalue weighted by Gasteiger charge is -2.17. The van der Waals surface area contributed by atoms with Crippen LogP contribution in [0.4, 0.5) is 0 Å². The van der Waals surface area contributed by atoms with Crippen LogP contribution < -0.4 is 0 Å². The predicted octanol–water partition coefficient (Wildman–Crippen LogP) is 3.24. The largest absolute Gasteiger partial charge is 0.249 e. The summed E-state index contributed by atoms with van der Waals surface area (Å²) in [5.74, 6) is 2.63. The number of aryl methyl sites for hydroxylation is 1. The molecule has 0 saturated carbocycles. The Hall–Kier alpha value is -0.870. The van der Waals surface area contributed by atoms with Gasteiger partial charge < -0.3 is 0 Å². The highest BCUT2D eigenvalue weighted by Gasteiger charge is 2.19. The van der Waals surface area contributed by atoms with Gasteiger partial charge in [0.15, 0.2) is 5.82 Å². The SMILES string of the molecule is CC1CCc2nc(-c3ccc(Cl)s3)nn2C1. The number of nitrogens with zero attached hydrogens (tertiary/aromatic N) is 3. The number of fused-ring (bicyclic) bond motifs is 1. The van der Waals surface area contributed by atoms with E-state index in [1.165, 1.54) is 17.8 Å². The molecular formula is C11H12ClN3S. The molecule has 16 heavy (non-hydrogen) atoms. The van der Waals surface area contributed by atoms with Gasteiger partial charge in [0.2, 0.25) is 0 Å². The van der Waals surface area contributed by atoms with Crippen molar-refractivity contribution in [2.24, 2.45) is 5.92 Å². The van der Waals surface area contributed by atoms with Crippen molar-refractivity contribution in [3.8, 4) is 10.7 Å². The highest BCUT2D eigenvalue weighted by molar-refractivity contribution is 7.19. The first-order chi connectivity index (χ1) is 7.72. The van der Waals surface area contributed by atoms with Crippen LogP contribution in [0.2, 0.25) is 4.34 Å². The molecule has 0 aromatic carbocycles. The van der Waals surface area contributed by atoms with Gasteiger partial charge in [-0.05, 0) is 24.5 Å². The zero-order valence-electron chi connectivity index (χ0n) is 8.98. The molecule has 3 rings (SSSR count). The molecule has 1 unspecified atom stereocenters. The van der Waals surface area contributed by atoms with Gasteiger partial charge >= 0.3 is 0 Å². The Morgan fingerprint density at radius 3 is 3.12 bits per heavy atom. The molecule has 2 aromatic rings. The summed E-state index contributed by atoms with van der Waals surface area (Å²) in [4.78, 5) is 5.63. The fourth-order valence-electron chi connectivity index (χ4n) is 2.01. The predicted molar refractivity (Wildman–Crippen MR) is 65.8 cm³/mol. The summed E-state index contributed by atoms with van der Waals surface area (Å²) in [5, 5.41) is 4.54. The Morgan fingerprint density at radius 2 is 2.38 bits per heavy atom. The van der Waals surface area contributed by atoms with Crippen molar-refractivity contribution in [2.75, 3.05) is 0 Å². The molecule has 1 aliphatic rings. The first-order valence-electron chi connectivity index (χ1n) is 5.42. The minimum atomic E-state index is 0.703. The normalized spacial score (nSPS) is 19.8. The molecule has 1 aliphatic heterocycles. The molecule has 0 fully saturated rings. The van der Waals surface area contributed by atoms with E-state index in [9.17, 15) is 0 Å². The molecule has 0 bridgehead atoms. The number of aromatic nitrogens is 3. The smallest absolute Gasteiger partial charge is 0.191 e. The third-order valence-electron chi connectivity index (χ3n) is 2.89. The maximum atomic E-state index is 5.92. The lowest BCUT2D eigenvalue weighted by atomic mass is 10.0. The lowest BCUT2D eigenvalue weighted by Crippen LogP contribution is -2.18. The summed E-state index contributed by atoms with van der Waals surface area (Å²) >= 11 is 7.45. The number of halogens is 1. The summed E-state index contributed by atoms with van der Waals surface area (Å²) in [6, 6.07) is 3.88. The van der Waals surface area contributed by atoms with Gasteiger partial charge in [0.1, 0.15) is 5.82 Å². The highest BCUT2D eigenvalue weighted by atomic mass is 35.5. The zero-order valence-corrected chi connectivity index (χ0v) is 10.6. The molecule has 0 amide bonds. The van der Waals surface area contributed by atoms with Gasteiger partial charge in [-0.1, -0.05) is 18.5 Å². The zero-order chi connectivity index (χ0) is 11.1. The summed E-state index contributed by atoms with van der Waals surface area (Å²) in [5.41, 5.74) is 0. The lowest BCUT2D eigenvalue weighted by molar-refractivity contribution is 0.368. The second kappa shape index (κ2) is 3.86. The van der Waals surface area contributed by atoms with E-state index in [4.69, 9.17) is 11.6 Å². The van der Waals surface area contributed by atoms with Crippen LogP contribution in [0.15, 0.2) is 12.1 Å². The number of hydrogen-bond acceptors (Lipinski definition) is 3. The van der Waals surface area contributed by atoms with Crippen LogP contribution in [0.5, 0.6) is 0 Å². The van der Waals surface area contributed by atoms with E-state index in [0.717, 1.165) is 33.8 Å². The summed E-state index contributed by atoms with van der Waals surface area (Å²) < 4.78 is 2.83. The van der Waals surface area contributed by atoms with Crippen LogP contribution in [-0.4, -0.2) is 14.8 Å². The molecule has 3 heterocycles. The van der Waals surface area contributed by atoms with Crippen molar-refractivity contribution in [2.45, 2.75) is 26.3 Å². The molecule has 3 nitrogen and oxygen atoms in total. The Bertz CT molecular complexity index is 517. The van der Waals surface area contributed by atoms with Crippen molar-refractivity contribution in [3.63, 3.8) is 0 Å². The maximum absolute atomic E-state index is 5.92. The van der Waals surface area contributed by atoms with Crippen LogP contribution in [-0.2, 0) is 13.0 Å². The average molecular weight is 254 g/mol. The molecule has 0 aliphatic carbocycles. The summed E-state index contributed by atoms with van der Waals surface area (Å²) in [7, 11) is 0.